The number of methoxy groups -OCH3 is 1. The van der Waals surface area contributed by atoms with Crippen LogP contribution in [0.3, 0.4) is 0 Å². The van der Waals surface area contributed by atoms with Crippen LogP contribution in [-0.4, -0.2) is 41.8 Å². The lowest BCUT2D eigenvalue weighted by Crippen LogP contribution is -2.29. The lowest BCUT2D eigenvalue weighted by molar-refractivity contribution is 0.161. The van der Waals surface area contributed by atoms with Crippen LogP contribution in [0.25, 0.3) is 11.1 Å². The van der Waals surface area contributed by atoms with Crippen LogP contribution in [0.15, 0.2) is 81.4 Å². The van der Waals surface area contributed by atoms with Crippen molar-refractivity contribution in [2.24, 2.45) is 0 Å². The predicted octanol–water partition coefficient (Wildman–Crippen LogP) is 4.48. The zero-order valence-corrected chi connectivity index (χ0v) is 22.1. The smallest absolute Gasteiger partial charge is 0.296 e. The summed E-state index contributed by atoms with van der Waals surface area (Å²) in [6.45, 7) is 3.58. The fourth-order valence-corrected chi connectivity index (χ4v) is 5.76. The second-order valence-electron chi connectivity index (χ2n) is 8.79. The molecule has 0 spiro atoms. The molecule has 2 aromatic heterocycles. The number of sulfone groups is 1. The topological polar surface area (TPSA) is 111 Å². The van der Waals surface area contributed by atoms with Crippen molar-refractivity contribution in [1.29, 1.82) is 0 Å². The third-order valence-electron chi connectivity index (χ3n) is 6.32. The van der Waals surface area contributed by atoms with E-state index < -0.39 is 38.2 Å². The van der Waals surface area contributed by atoms with Gasteiger partial charge in [0.25, 0.3) is 5.56 Å². The summed E-state index contributed by atoms with van der Waals surface area (Å²) in [6, 6.07) is 15.8. The van der Waals surface area contributed by atoms with Crippen LogP contribution in [0.5, 0.6) is 5.88 Å². The maximum Gasteiger partial charge on any atom is 0.296 e. The zero-order valence-electron chi connectivity index (χ0n) is 21.3. The number of aromatic nitrogens is 3. The Morgan fingerprint density at radius 3 is 2.39 bits per heavy atom. The number of aromatic hydroxyl groups is 1. The number of pyridine rings is 1. The molecule has 10 heteroatoms. The van der Waals surface area contributed by atoms with Crippen molar-refractivity contribution in [3.05, 3.63) is 100 Å². The van der Waals surface area contributed by atoms with E-state index in [2.05, 4.69) is 9.97 Å². The number of hydrogen-bond donors (Lipinski definition) is 1. The van der Waals surface area contributed by atoms with Gasteiger partial charge in [0.05, 0.1) is 17.5 Å². The number of rotatable bonds is 9. The summed E-state index contributed by atoms with van der Waals surface area (Å²) in [5.41, 5.74) is 1.17. The third kappa shape index (κ3) is 5.09. The molecule has 0 aliphatic rings. The first kappa shape index (κ1) is 27.2. The second kappa shape index (κ2) is 11.2. The van der Waals surface area contributed by atoms with Crippen molar-refractivity contribution in [3.63, 3.8) is 0 Å². The molecule has 1 atom stereocenters. The van der Waals surface area contributed by atoms with Gasteiger partial charge in [-0.1, -0.05) is 49.4 Å². The van der Waals surface area contributed by atoms with E-state index in [1.54, 1.807) is 13.0 Å². The number of aryl methyl sites for hydroxylation is 1. The van der Waals surface area contributed by atoms with Crippen LogP contribution in [-0.2, 0) is 21.0 Å². The van der Waals surface area contributed by atoms with Gasteiger partial charge in [-0.05, 0) is 48.2 Å². The van der Waals surface area contributed by atoms with Crippen molar-refractivity contribution in [3.8, 4) is 17.0 Å². The van der Waals surface area contributed by atoms with Crippen molar-refractivity contribution >= 4 is 9.84 Å². The van der Waals surface area contributed by atoms with Crippen LogP contribution in [0, 0.1) is 12.9 Å². The molecule has 0 fully saturated rings. The van der Waals surface area contributed by atoms with Gasteiger partial charge in [-0.25, -0.2) is 13.4 Å². The van der Waals surface area contributed by atoms with Gasteiger partial charge < -0.3 is 9.84 Å². The summed E-state index contributed by atoms with van der Waals surface area (Å²) < 4.78 is 48.0. The first-order chi connectivity index (χ1) is 18.2. The molecule has 0 amide bonds. The number of nitrogens with zero attached hydrogens (tertiary/aromatic N) is 3. The second-order valence-corrected chi connectivity index (χ2v) is 10.7. The molecule has 2 heterocycles. The van der Waals surface area contributed by atoms with Gasteiger partial charge in [-0.2, -0.15) is 9.37 Å². The minimum atomic E-state index is -4.48. The summed E-state index contributed by atoms with van der Waals surface area (Å²) >= 11 is 0. The highest BCUT2D eigenvalue weighted by Gasteiger charge is 2.32. The fraction of sp³-hybridized carbons (Fsp3) is 0.250. The van der Waals surface area contributed by atoms with Crippen LogP contribution >= 0.6 is 0 Å². The Bertz CT molecular complexity index is 1600. The molecule has 2 aromatic carbocycles. The van der Waals surface area contributed by atoms with Gasteiger partial charge in [0.15, 0.2) is 4.90 Å². The number of ether oxygens (including phenoxy) is 1. The van der Waals surface area contributed by atoms with E-state index in [-0.39, 0.29) is 17.3 Å². The van der Waals surface area contributed by atoms with E-state index in [0.717, 1.165) is 5.56 Å². The molecule has 0 aliphatic heterocycles. The zero-order chi connectivity index (χ0) is 27.4. The first-order valence-corrected chi connectivity index (χ1v) is 13.5. The van der Waals surface area contributed by atoms with Crippen LogP contribution in [0.2, 0.25) is 0 Å². The van der Waals surface area contributed by atoms with Gasteiger partial charge in [0.1, 0.15) is 5.82 Å². The third-order valence-corrected chi connectivity index (χ3v) is 8.10. The molecule has 1 N–H and O–H groups in total. The van der Waals surface area contributed by atoms with Gasteiger partial charge in [-0.15, -0.1) is 0 Å². The SMILES string of the molecule is CCCc1nc(=O)c(S(=O)(=O)c2ccc(-c3ccnc(F)c3C)cc2)c(O)n1[C@@H](COC)c1ccccc1. The van der Waals surface area contributed by atoms with Gasteiger partial charge >= 0.3 is 0 Å². The summed E-state index contributed by atoms with van der Waals surface area (Å²) in [5.74, 6) is -1.06. The Kier molecular flexibility index (Phi) is 8.03. The van der Waals surface area contributed by atoms with E-state index in [9.17, 15) is 22.7 Å². The van der Waals surface area contributed by atoms with Crippen molar-refractivity contribution in [2.75, 3.05) is 13.7 Å². The Hall–Kier alpha value is -3.89. The van der Waals surface area contributed by atoms with Gasteiger partial charge in [0.2, 0.25) is 21.7 Å². The van der Waals surface area contributed by atoms with Crippen molar-refractivity contribution in [2.45, 2.75) is 42.5 Å². The minimum Gasteiger partial charge on any atom is -0.493 e. The van der Waals surface area contributed by atoms with Gasteiger partial charge in [-0.3, -0.25) is 9.36 Å². The molecular weight excluding hydrogens is 509 g/mol. The molecule has 0 unspecified atom stereocenters. The molecule has 0 aliphatic carbocycles. The molecule has 38 heavy (non-hydrogen) atoms. The lowest BCUT2D eigenvalue weighted by atomic mass is 10.0. The normalized spacial score (nSPS) is 12.4. The van der Waals surface area contributed by atoms with E-state index in [1.807, 2.05) is 37.3 Å². The van der Waals surface area contributed by atoms with E-state index in [4.69, 9.17) is 4.74 Å². The standard InChI is InChI=1S/C28H28FN3O5S/c1-4-8-24-31-27(33)25(28(34)32(24)23(17-37-3)20-9-6-5-7-10-20)38(35,36)21-13-11-19(12-14-21)22-15-16-30-26(29)18(22)2/h5-7,9-16,23,34H,4,8,17H2,1-3H3/t23-/m0/s1. The van der Waals surface area contributed by atoms with E-state index in [1.165, 1.54) is 42.1 Å². The molecule has 0 saturated carbocycles. The first-order valence-electron chi connectivity index (χ1n) is 12.1. The molecule has 8 nitrogen and oxygen atoms in total. The van der Waals surface area contributed by atoms with Gasteiger partial charge in [0, 0.05) is 25.3 Å². The molecule has 4 aromatic rings. The van der Waals surface area contributed by atoms with E-state index >= 15 is 0 Å². The monoisotopic (exact) mass is 537 g/mol. The Labute approximate surface area is 220 Å². The molecule has 0 saturated heterocycles. The van der Waals surface area contributed by atoms with Crippen LogP contribution < -0.4 is 5.56 Å². The Balaban J connectivity index is 1.87. The molecule has 0 bridgehead atoms. The quantitative estimate of drug-likeness (QED) is 0.313. The fourth-order valence-electron chi connectivity index (χ4n) is 4.42. The highest BCUT2D eigenvalue weighted by molar-refractivity contribution is 7.91. The summed E-state index contributed by atoms with van der Waals surface area (Å²) in [6.07, 6.45) is 2.28. The maximum atomic E-state index is 13.9. The molecule has 0 radical (unpaired) electrons. The highest BCUT2D eigenvalue weighted by atomic mass is 32.2. The predicted molar refractivity (Wildman–Crippen MR) is 140 cm³/mol. The molecular formula is C28H28FN3O5S. The van der Waals surface area contributed by atoms with Crippen molar-refractivity contribution in [1.82, 2.24) is 14.5 Å². The average Bonchev–Trinajstić information content (AvgIpc) is 2.90. The summed E-state index contributed by atoms with van der Waals surface area (Å²) in [5, 5.41) is 11.4. The summed E-state index contributed by atoms with van der Waals surface area (Å²) in [7, 11) is -2.98. The highest BCUT2D eigenvalue weighted by Crippen LogP contribution is 2.33. The summed E-state index contributed by atoms with van der Waals surface area (Å²) in [4.78, 5) is 19.7. The minimum absolute atomic E-state index is 0.106. The Morgan fingerprint density at radius 1 is 1.08 bits per heavy atom. The number of benzene rings is 2. The number of hydrogen-bond acceptors (Lipinski definition) is 7. The maximum absolute atomic E-state index is 13.9. The molecule has 198 valence electrons. The average molecular weight is 538 g/mol. The van der Waals surface area contributed by atoms with E-state index in [0.29, 0.717) is 29.5 Å². The molecule has 4 rings (SSSR count). The number of halogens is 1. The largest absolute Gasteiger partial charge is 0.493 e. The van der Waals surface area contributed by atoms with Crippen LogP contribution in [0.1, 0.15) is 36.3 Å². The Morgan fingerprint density at radius 2 is 1.76 bits per heavy atom. The lowest BCUT2D eigenvalue weighted by Gasteiger charge is -2.25. The van der Waals surface area contributed by atoms with Crippen LogP contribution in [0.4, 0.5) is 4.39 Å². The van der Waals surface area contributed by atoms with Crippen molar-refractivity contribution < 1.29 is 22.7 Å².